The molecule has 0 bridgehead atoms. The second-order valence-corrected chi connectivity index (χ2v) is 4.37. The van der Waals surface area contributed by atoms with Crippen LogP contribution < -0.4 is 10.6 Å². The summed E-state index contributed by atoms with van der Waals surface area (Å²) in [5.74, 6) is 0.0294. The van der Waals surface area contributed by atoms with Crippen molar-refractivity contribution >= 4 is 11.5 Å². The summed E-state index contributed by atoms with van der Waals surface area (Å²) >= 11 is 0. The van der Waals surface area contributed by atoms with Gasteiger partial charge in [-0.05, 0) is 18.6 Å². The number of amidine groups is 1. The molecule has 0 aromatic heterocycles. The van der Waals surface area contributed by atoms with Crippen LogP contribution in [0.2, 0.25) is 0 Å². The molecule has 0 amide bonds. The standard InChI is InChI=1S/C13H21N3O2/c1-9-5-4-6-11(13(14)15)12(9)16(2)7-10(17)8-18-3/h4-6,10,17H,7-8H2,1-3H3,(H3,14,15). The molecule has 0 heterocycles. The molecule has 100 valence electrons. The van der Waals surface area contributed by atoms with Gasteiger partial charge in [0.15, 0.2) is 0 Å². The highest BCUT2D eigenvalue weighted by Crippen LogP contribution is 2.24. The summed E-state index contributed by atoms with van der Waals surface area (Å²) in [6, 6.07) is 5.64. The molecule has 1 rings (SSSR count). The molecule has 0 saturated carbocycles. The maximum absolute atomic E-state index is 9.75. The van der Waals surface area contributed by atoms with Gasteiger partial charge in [0.1, 0.15) is 5.84 Å². The minimum absolute atomic E-state index is 0.0294. The number of nitrogen functional groups attached to an aromatic ring is 1. The Balaban J connectivity index is 2.97. The summed E-state index contributed by atoms with van der Waals surface area (Å²) in [7, 11) is 3.42. The Bertz CT molecular complexity index is 421. The molecule has 0 aliphatic carbocycles. The Labute approximate surface area is 108 Å². The zero-order valence-corrected chi connectivity index (χ0v) is 11.1. The van der Waals surface area contributed by atoms with Crippen LogP contribution in [0.3, 0.4) is 0 Å². The van der Waals surface area contributed by atoms with Crippen molar-refractivity contribution in [1.29, 1.82) is 5.41 Å². The third-order valence-electron chi connectivity index (χ3n) is 2.75. The van der Waals surface area contributed by atoms with Gasteiger partial charge in [-0.25, -0.2) is 0 Å². The Morgan fingerprint density at radius 1 is 1.56 bits per heavy atom. The molecule has 0 radical (unpaired) electrons. The first-order valence-electron chi connectivity index (χ1n) is 5.79. The molecule has 5 heteroatoms. The number of nitrogens with zero attached hydrogens (tertiary/aromatic N) is 1. The lowest BCUT2D eigenvalue weighted by Crippen LogP contribution is -2.33. The lowest BCUT2D eigenvalue weighted by molar-refractivity contribution is 0.0695. The van der Waals surface area contributed by atoms with Crippen LogP contribution in [-0.2, 0) is 4.74 Å². The van der Waals surface area contributed by atoms with Crippen molar-refractivity contribution < 1.29 is 9.84 Å². The zero-order chi connectivity index (χ0) is 13.7. The number of methoxy groups -OCH3 is 1. The summed E-state index contributed by atoms with van der Waals surface area (Å²) in [5, 5.41) is 17.3. The maximum atomic E-state index is 9.75. The average molecular weight is 251 g/mol. The van der Waals surface area contributed by atoms with Gasteiger partial charge in [0.2, 0.25) is 0 Å². The van der Waals surface area contributed by atoms with Gasteiger partial charge >= 0.3 is 0 Å². The molecular weight excluding hydrogens is 230 g/mol. The van der Waals surface area contributed by atoms with Crippen molar-refractivity contribution in [2.24, 2.45) is 5.73 Å². The number of para-hydroxylation sites is 1. The predicted octanol–water partition coefficient (Wildman–Crippen LogP) is 0.723. The van der Waals surface area contributed by atoms with Gasteiger partial charge in [-0.1, -0.05) is 12.1 Å². The molecule has 5 nitrogen and oxygen atoms in total. The maximum Gasteiger partial charge on any atom is 0.124 e. The molecule has 1 aromatic carbocycles. The van der Waals surface area contributed by atoms with Crippen molar-refractivity contribution in [3.63, 3.8) is 0 Å². The molecule has 0 fully saturated rings. The molecule has 18 heavy (non-hydrogen) atoms. The van der Waals surface area contributed by atoms with E-state index in [0.29, 0.717) is 12.1 Å². The quantitative estimate of drug-likeness (QED) is 0.514. The minimum atomic E-state index is -0.570. The fraction of sp³-hybridized carbons (Fsp3) is 0.462. The minimum Gasteiger partial charge on any atom is -0.389 e. The van der Waals surface area contributed by atoms with Crippen LogP contribution in [0.4, 0.5) is 5.69 Å². The van der Waals surface area contributed by atoms with Crippen LogP contribution in [-0.4, -0.2) is 44.4 Å². The number of hydrogen-bond donors (Lipinski definition) is 3. The van der Waals surface area contributed by atoms with Crippen molar-refractivity contribution in [3.05, 3.63) is 29.3 Å². The summed E-state index contributed by atoms with van der Waals surface area (Å²) in [5.41, 5.74) is 8.16. The normalized spacial score (nSPS) is 12.2. The van der Waals surface area contributed by atoms with Gasteiger partial charge in [-0.2, -0.15) is 0 Å². The molecule has 4 N–H and O–H groups in total. The molecule has 1 aromatic rings. The lowest BCUT2D eigenvalue weighted by Gasteiger charge is -2.26. The van der Waals surface area contributed by atoms with Crippen LogP contribution in [0.5, 0.6) is 0 Å². The van der Waals surface area contributed by atoms with Crippen LogP contribution in [0.15, 0.2) is 18.2 Å². The second-order valence-electron chi connectivity index (χ2n) is 4.37. The monoisotopic (exact) mass is 251 g/mol. The first kappa shape index (κ1) is 14.5. The van der Waals surface area contributed by atoms with Crippen LogP contribution in [0.25, 0.3) is 0 Å². The fourth-order valence-electron chi connectivity index (χ4n) is 2.04. The van der Waals surface area contributed by atoms with Crippen molar-refractivity contribution in [2.75, 3.05) is 32.2 Å². The highest BCUT2D eigenvalue weighted by molar-refractivity contribution is 6.01. The third-order valence-corrected chi connectivity index (χ3v) is 2.75. The van der Waals surface area contributed by atoms with E-state index < -0.39 is 6.10 Å². The van der Waals surface area contributed by atoms with E-state index in [1.54, 1.807) is 7.11 Å². The summed E-state index contributed by atoms with van der Waals surface area (Å²) in [6.45, 7) is 2.67. The molecule has 0 spiro atoms. The van der Waals surface area contributed by atoms with Crippen molar-refractivity contribution in [3.8, 4) is 0 Å². The predicted molar refractivity (Wildman–Crippen MR) is 73.3 cm³/mol. The lowest BCUT2D eigenvalue weighted by atomic mass is 10.1. The Morgan fingerprint density at radius 2 is 2.22 bits per heavy atom. The van der Waals surface area contributed by atoms with Crippen molar-refractivity contribution in [1.82, 2.24) is 0 Å². The number of anilines is 1. The summed E-state index contributed by atoms with van der Waals surface area (Å²) in [4.78, 5) is 1.90. The molecule has 1 unspecified atom stereocenters. The number of nitrogens with one attached hydrogen (secondary N) is 1. The molecular formula is C13H21N3O2. The van der Waals surface area contributed by atoms with E-state index in [9.17, 15) is 5.11 Å². The second kappa shape index (κ2) is 6.37. The number of aliphatic hydroxyl groups is 1. The largest absolute Gasteiger partial charge is 0.389 e. The van der Waals surface area contributed by atoms with Crippen LogP contribution in [0.1, 0.15) is 11.1 Å². The van der Waals surface area contributed by atoms with Gasteiger partial charge in [0, 0.05) is 26.3 Å². The van der Waals surface area contributed by atoms with Crippen LogP contribution in [0, 0.1) is 12.3 Å². The van der Waals surface area contributed by atoms with Gasteiger partial charge in [-0.3, -0.25) is 5.41 Å². The fourth-order valence-corrected chi connectivity index (χ4v) is 2.04. The highest BCUT2D eigenvalue weighted by atomic mass is 16.5. The van der Waals surface area contributed by atoms with E-state index in [1.807, 2.05) is 37.1 Å². The average Bonchev–Trinajstić information content (AvgIpc) is 2.28. The first-order valence-corrected chi connectivity index (χ1v) is 5.79. The topological polar surface area (TPSA) is 82.6 Å². The molecule has 0 saturated heterocycles. The Hall–Kier alpha value is -1.59. The van der Waals surface area contributed by atoms with E-state index in [1.165, 1.54) is 0 Å². The van der Waals surface area contributed by atoms with E-state index in [4.69, 9.17) is 15.9 Å². The van der Waals surface area contributed by atoms with E-state index in [-0.39, 0.29) is 12.4 Å². The SMILES string of the molecule is COCC(O)CN(C)c1c(C)cccc1C(=N)N. The smallest absolute Gasteiger partial charge is 0.124 e. The van der Waals surface area contributed by atoms with E-state index >= 15 is 0 Å². The number of ether oxygens (including phenoxy) is 1. The number of hydrogen-bond acceptors (Lipinski definition) is 4. The van der Waals surface area contributed by atoms with E-state index in [2.05, 4.69) is 0 Å². The number of aliphatic hydroxyl groups excluding tert-OH is 1. The molecule has 1 atom stereocenters. The van der Waals surface area contributed by atoms with Gasteiger partial charge in [-0.15, -0.1) is 0 Å². The Kier molecular flexibility index (Phi) is 5.12. The number of benzene rings is 1. The van der Waals surface area contributed by atoms with Gasteiger partial charge < -0.3 is 20.5 Å². The molecule has 0 aliphatic rings. The number of nitrogens with two attached hydrogens (primary N) is 1. The zero-order valence-electron chi connectivity index (χ0n) is 11.1. The number of rotatable bonds is 6. The van der Waals surface area contributed by atoms with Crippen LogP contribution >= 0.6 is 0 Å². The van der Waals surface area contributed by atoms with Crippen molar-refractivity contribution in [2.45, 2.75) is 13.0 Å². The highest BCUT2D eigenvalue weighted by Gasteiger charge is 2.15. The third kappa shape index (κ3) is 3.45. The summed E-state index contributed by atoms with van der Waals surface area (Å²) in [6.07, 6.45) is -0.570. The molecule has 0 aliphatic heterocycles. The Morgan fingerprint density at radius 3 is 2.78 bits per heavy atom. The number of likely N-dealkylation sites (N-methyl/N-ethyl adjacent to an activating group) is 1. The first-order chi connectivity index (χ1) is 8.47. The summed E-state index contributed by atoms with van der Waals surface area (Å²) < 4.78 is 4.90. The van der Waals surface area contributed by atoms with Gasteiger partial charge in [0.05, 0.1) is 18.4 Å². The number of aryl methyl sites for hydroxylation is 1. The van der Waals surface area contributed by atoms with E-state index in [0.717, 1.165) is 11.3 Å². The van der Waals surface area contributed by atoms with Gasteiger partial charge in [0.25, 0.3) is 0 Å².